The molecule has 16 heavy (non-hydrogen) atoms. The van der Waals surface area contributed by atoms with Gasteiger partial charge in [-0.1, -0.05) is 35.3 Å². The van der Waals surface area contributed by atoms with Crippen LogP contribution in [0.5, 0.6) is 0 Å². The smallest absolute Gasteiger partial charge is 0.127 e. The van der Waals surface area contributed by atoms with E-state index in [4.69, 9.17) is 28.9 Å². The second-order valence-corrected chi connectivity index (χ2v) is 4.77. The van der Waals surface area contributed by atoms with Crippen LogP contribution in [0.2, 0.25) is 10.0 Å². The fourth-order valence-electron chi connectivity index (χ4n) is 1.29. The summed E-state index contributed by atoms with van der Waals surface area (Å²) >= 11 is 15.0. The number of nitrogen functional groups attached to an aromatic ring is 1. The van der Waals surface area contributed by atoms with Gasteiger partial charge < -0.3 is 5.73 Å². The van der Waals surface area contributed by atoms with Gasteiger partial charge in [-0.05, 0) is 34.1 Å². The largest absolute Gasteiger partial charge is 0.397 e. The minimum atomic E-state index is 0.428. The number of benzene rings is 1. The lowest BCUT2D eigenvalue weighted by atomic mass is 10.1. The van der Waals surface area contributed by atoms with E-state index in [1.807, 2.05) is 12.1 Å². The van der Waals surface area contributed by atoms with Crippen molar-refractivity contribution in [1.29, 1.82) is 0 Å². The molecule has 0 amide bonds. The van der Waals surface area contributed by atoms with Crippen molar-refractivity contribution in [1.82, 2.24) is 4.98 Å². The third-order valence-corrected chi connectivity index (χ3v) is 3.54. The first kappa shape index (κ1) is 11.7. The Morgan fingerprint density at radius 2 is 1.75 bits per heavy atom. The van der Waals surface area contributed by atoms with Crippen LogP contribution in [0.1, 0.15) is 0 Å². The van der Waals surface area contributed by atoms with Crippen molar-refractivity contribution in [3.8, 4) is 11.3 Å². The summed E-state index contributed by atoms with van der Waals surface area (Å²) in [6.07, 6.45) is 0. The zero-order valence-corrected chi connectivity index (χ0v) is 11.1. The summed E-state index contributed by atoms with van der Waals surface area (Å²) in [5.41, 5.74) is 7.95. The van der Waals surface area contributed by atoms with Crippen molar-refractivity contribution < 1.29 is 0 Å². The van der Waals surface area contributed by atoms with Gasteiger partial charge in [-0.2, -0.15) is 0 Å². The van der Waals surface area contributed by atoms with Gasteiger partial charge in [0, 0.05) is 10.6 Å². The predicted octanol–water partition coefficient (Wildman–Crippen LogP) is 4.40. The van der Waals surface area contributed by atoms with Gasteiger partial charge >= 0.3 is 0 Å². The Balaban J connectivity index is 2.52. The van der Waals surface area contributed by atoms with Crippen molar-refractivity contribution in [3.63, 3.8) is 0 Å². The zero-order valence-electron chi connectivity index (χ0n) is 8.05. The maximum absolute atomic E-state index is 5.91. The Labute approximate surface area is 112 Å². The molecule has 5 heteroatoms. The molecule has 0 aliphatic heterocycles. The molecule has 0 aliphatic rings. The molecule has 0 unspecified atom stereocenters. The molecule has 0 fully saturated rings. The molecule has 1 heterocycles. The molecule has 1 aromatic heterocycles. The first-order valence-corrected chi connectivity index (χ1v) is 6.00. The fraction of sp³-hybridized carbons (Fsp3) is 0. The van der Waals surface area contributed by atoms with Gasteiger partial charge in [0.25, 0.3) is 0 Å². The monoisotopic (exact) mass is 316 g/mol. The van der Waals surface area contributed by atoms with Crippen molar-refractivity contribution >= 4 is 44.8 Å². The molecular formula is C11H7BrCl2N2. The van der Waals surface area contributed by atoms with Gasteiger partial charge in [-0.15, -0.1) is 0 Å². The summed E-state index contributed by atoms with van der Waals surface area (Å²) in [4.78, 5) is 4.30. The van der Waals surface area contributed by atoms with E-state index < -0.39 is 0 Å². The first-order chi connectivity index (χ1) is 7.58. The number of pyridine rings is 1. The van der Waals surface area contributed by atoms with Gasteiger partial charge in [-0.25, -0.2) is 4.98 Å². The predicted molar refractivity (Wildman–Crippen MR) is 71.8 cm³/mol. The van der Waals surface area contributed by atoms with Gasteiger partial charge in [-0.3, -0.25) is 0 Å². The molecule has 0 saturated carbocycles. The van der Waals surface area contributed by atoms with Gasteiger partial charge in [0.1, 0.15) is 4.60 Å². The minimum absolute atomic E-state index is 0.428. The lowest BCUT2D eigenvalue weighted by Gasteiger charge is -2.05. The van der Waals surface area contributed by atoms with E-state index in [1.165, 1.54) is 0 Å². The Bertz CT molecular complexity index is 503. The number of halogens is 3. The number of anilines is 1. The van der Waals surface area contributed by atoms with Crippen molar-refractivity contribution in [3.05, 3.63) is 45.0 Å². The molecule has 2 N–H and O–H groups in total. The van der Waals surface area contributed by atoms with E-state index in [-0.39, 0.29) is 0 Å². The maximum atomic E-state index is 5.91. The highest BCUT2D eigenvalue weighted by molar-refractivity contribution is 9.10. The van der Waals surface area contributed by atoms with E-state index in [2.05, 4.69) is 20.9 Å². The summed E-state index contributed by atoms with van der Waals surface area (Å²) in [6, 6.07) is 9.10. The molecule has 2 nitrogen and oxygen atoms in total. The molecule has 0 spiro atoms. The lowest BCUT2D eigenvalue weighted by molar-refractivity contribution is 1.28. The third-order valence-electron chi connectivity index (χ3n) is 2.09. The molecule has 1 aromatic carbocycles. The molecule has 82 valence electrons. The number of hydrogen-bond acceptors (Lipinski definition) is 2. The highest BCUT2D eigenvalue weighted by Crippen LogP contribution is 2.31. The average Bonchev–Trinajstić information content (AvgIpc) is 2.26. The molecule has 0 saturated heterocycles. The van der Waals surface area contributed by atoms with Crippen LogP contribution in [0.15, 0.2) is 34.9 Å². The van der Waals surface area contributed by atoms with Crippen molar-refractivity contribution in [2.24, 2.45) is 0 Å². The summed E-state index contributed by atoms with van der Waals surface area (Å²) < 4.78 is 0.541. The molecule has 0 aliphatic carbocycles. The van der Waals surface area contributed by atoms with E-state index in [1.54, 1.807) is 18.2 Å². The van der Waals surface area contributed by atoms with Gasteiger partial charge in [0.15, 0.2) is 0 Å². The summed E-state index contributed by atoms with van der Waals surface area (Å²) in [6.45, 7) is 0. The molecular weight excluding hydrogens is 311 g/mol. The van der Waals surface area contributed by atoms with Crippen molar-refractivity contribution in [2.75, 3.05) is 5.73 Å². The highest BCUT2D eigenvalue weighted by atomic mass is 79.9. The zero-order chi connectivity index (χ0) is 11.7. The third kappa shape index (κ3) is 2.32. The SMILES string of the molecule is Nc1cc(-c2ccc(Cl)cc2)nc(Br)c1Cl. The lowest BCUT2D eigenvalue weighted by Crippen LogP contribution is -1.92. The topological polar surface area (TPSA) is 38.9 Å². The Morgan fingerprint density at radius 1 is 1.12 bits per heavy atom. The molecule has 0 bridgehead atoms. The van der Waals surface area contributed by atoms with Crippen LogP contribution < -0.4 is 5.73 Å². The Hall–Kier alpha value is -0.770. The van der Waals surface area contributed by atoms with Crippen LogP contribution in [0, 0.1) is 0 Å². The number of hydrogen-bond donors (Lipinski definition) is 1. The minimum Gasteiger partial charge on any atom is -0.397 e. The highest BCUT2D eigenvalue weighted by Gasteiger charge is 2.07. The maximum Gasteiger partial charge on any atom is 0.127 e. The second kappa shape index (κ2) is 4.62. The normalized spacial score (nSPS) is 10.4. The van der Waals surface area contributed by atoms with Crippen LogP contribution in [-0.2, 0) is 0 Å². The number of rotatable bonds is 1. The van der Waals surface area contributed by atoms with Crippen LogP contribution in [0.3, 0.4) is 0 Å². The quantitative estimate of drug-likeness (QED) is 0.792. The van der Waals surface area contributed by atoms with Gasteiger partial charge in [0.2, 0.25) is 0 Å². The van der Waals surface area contributed by atoms with Crippen LogP contribution in [0.4, 0.5) is 5.69 Å². The summed E-state index contributed by atoms with van der Waals surface area (Å²) in [7, 11) is 0. The van der Waals surface area contributed by atoms with Gasteiger partial charge in [0.05, 0.1) is 16.4 Å². The van der Waals surface area contributed by atoms with Crippen LogP contribution in [0.25, 0.3) is 11.3 Å². The Morgan fingerprint density at radius 3 is 2.31 bits per heavy atom. The molecule has 2 rings (SSSR count). The van der Waals surface area contributed by atoms with E-state index in [9.17, 15) is 0 Å². The summed E-state index contributed by atoms with van der Waals surface area (Å²) in [5.74, 6) is 0. The van der Waals surface area contributed by atoms with E-state index >= 15 is 0 Å². The Kier molecular flexibility index (Phi) is 3.38. The molecule has 2 aromatic rings. The van der Waals surface area contributed by atoms with E-state index in [0.717, 1.165) is 11.3 Å². The van der Waals surface area contributed by atoms with Crippen molar-refractivity contribution in [2.45, 2.75) is 0 Å². The van der Waals surface area contributed by atoms with Crippen LogP contribution in [-0.4, -0.2) is 4.98 Å². The first-order valence-electron chi connectivity index (χ1n) is 4.45. The second-order valence-electron chi connectivity index (χ2n) is 3.21. The average molecular weight is 318 g/mol. The molecule has 0 atom stereocenters. The van der Waals surface area contributed by atoms with Crippen LogP contribution >= 0.6 is 39.1 Å². The number of aromatic nitrogens is 1. The number of nitrogens with zero attached hydrogens (tertiary/aromatic N) is 1. The standard InChI is InChI=1S/C11H7BrCl2N2/c12-11-10(14)8(15)5-9(16-11)6-1-3-7(13)4-2-6/h1-5H,(H2,15,16). The molecule has 0 radical (unpaired) electrons. The number of nitrogens with two attached hydrogens (primary N) is 1. The fourth-order valence-corrected chi connectivity index (χ4v) is 1.93. The summed E-state index contributed by atoms with van der Waals surface area (Å²) in [5, 5.41) is 1.11. The van der Waals surface area contributed by atoms with E-state index in [0.29, 0.717) is 20.3 Å².